The van der Waals surface area contributed by atoms with Gasteiger partial charge in [-0.25, -0.2) is 0 Å². The fraction of sp³-hybridized carbons (Fsp3) is 0.500. The monoisotopic (exact) mass is 235 g/mol. The molecule has 0 aliphatic heterocycles. The van der Waals surface area contributed by atoms with Crippen LogP contribution in [0.25, 0.3) is 0 Å². The summed E-state index contributed by atoms with van der Waals surface area (Å²) in [4.78, 5) is 11.8. The molecule has 1 aromatic rings. The maximum Gasteiger partial charge on any atom is 0.261 e. The SMILES string of the molecule is Cc1ccc(O[C@H](C)C(=O)NC(C)(C)C)cc1. The van der Waals surface area contributed by atoms with E-state index in [1.54, 1.807) is 6.92 Å². The average molecular weight is 235 g/mol. The molecule has 1 rings (SSSR count). The summed E-state index contributed by atoms with van der Waals surface area (Å²) < 4.78 is 5.56. The third-order valence-corrected chi connectivity index (χ3v) is 2.20. The van der Waals surface area contributed by atoms with Gasteiger partial charge in [-0.3, -0.25) is 4.79 Å². The smallest absolute Gasteiger partial charge is 0.261 e. The molecule has 0 saturated carbocycles. The molecule has 0 heterocycles. The van der Waals surface area contributed by atoms with Crippen molar-refractivity contribution in [2.45, 2.75) is 46.3 Å². The van der Waals surface area contributed by atoms with Crippen molar-refractivity contribution in [3.63, 3.8) is 0 Å². The van der Waals surface area contributed by atoms with E-state index < -0.39 is 6.10 Å². The first kappa shape index (κ1) is 13.6. The van der Waals surface area contributed by atoms with Gasteiger partial charge in [0, 0.05) is 5.54 Å². The Kier molecular flexibility index (Phi) is 4.16. The van der Waals surface area contributed by atoms with E-state index in [0.717, 1.165) is 0 Å². The molecule has 1 atom stereocenters. The highest BCUT2D eigenvalue weighted by Crippen LogP contribution is 2.13. The fourth-order valence-electron chi connectivity index (χ4n) is 1.35. The predicted molar refractivity (Wildman–Crippen MR) is 69.2 cm³/mol. The number of amides is 1. The molecule has 0 aliphatic carbocycles. The summed E-state index contributed by atoms with van der Waals surface area (Å²) in [6.07, 6.45) is -0.489. The standard InChI is InChI=1S/C14H21NO2/c1-10-6-8-12(9-7-10)17-11(2)13(16)15-14(3,4)5/h6-9,11H,1-5H3,(H,15,16)/t11-/m1/s1. The van der Waals surface area contributed by atoms with Crippen LogP contribution in [0.2, 0.25) is 0 Å². The van der Waals surface area contributed by atoms with Crippen molar-refractivity contribution < 1.29 is 9.53 Å². The number of hydrogen-bond acceptors (Lipinski definition) is 2. The third kappa shape index (κ3) is 4.89. The van der Waals surface area contributed by atoms with Crippen LogP contribution >= 0.6 is 0 Å². The zero-order chi connectivity index (χ0) is 13.1. The van der Waals surface area contributed by atoms with Gasteiger partial charge in [0.2, 0.25) is 0 Å². The molecule has 17 heavy (non-hydrogen) atoms. The van der Waals surface area contributed by atoms with Gasteiger partial charge in [0.05, 0.1) is 0 Å². The molecule has 0 aromatic heterocycles. The summed E-state index contributed by atoms with van der Waals surface area (Å²) >= 11 is 0. The Morgan fingerprint density at radius 1 is 1.24 bits per heavy atom. The van der Waals surface area contributed by atoms with Crippen LogP contribution < -0.4 is 10.1 Å². The second-order valence-corrected chi connectivity index (χ2v) is 5.31. The maximum atomic E-state index is 11.8. The normalized spacial score (nSPS) is 13.0. The first-order chi connectivity index (χ1) is 7.78. The van der Waals surface area contributed by atoms with E-state index in [1.807, 2.05) is 52.0 Å². The van der Waals surface area contributed by atoms with Gasteiger partial charge in [0.1, 0.15) is 5.75 Å². The largest absolute Gasteiger partial charge is 0.481 e. The first-order valence-corrected chi connectivity index (χ1v) is 5.83. The molecular weight excluding hydrogens is 214 g/mol. The Bertz CT molecular complexity index is 376. The van der Waals surface area contributed by atoms with E-state index in [4.69, 9.17) is 4.74 Å². The molecule has 1 amide bonds. The lowest BCUT2D eigenvalue weighted by Crippen LogP contribution is -2.46. The summed E-state index contributed by atoms with van der Waals surface area (Å²) in [5, 5.41) is 2.89. The fourth-order valence-corrected chi connectivity index (χ4v) is 1.35. The number of carbonyl (C=O) groups is 1. The topological polar surface area (TPSA) is 38.3 Å². The van der Waals surface area contributed by atoms with Crippen molar-refractivity contribution in [2.24, 2.45) is 0 Å². The van der Waals surface area contributed by atoms with Gasteiger partial charge in [0.15, 0.2) is 6.10 Å². The molecule has 1 N–H and O–H groups in total. The molecular formula is C14H21NO2. The molecule has 0 fully saturated rings. The van der Waals surface area contributed by atoms with Crippen LogP contribution in [0.5, 0.6) is 5.75 Å². The number of rotatable bonds is 3. The number of benzene rings is 1. The lowest BCUT2D eigenvalue weighted by molar-refractivity contribution is -0.128. The predicted octanol–water partition coefficient (Wildman–Crippen LogP) is 2.68. The van der Waals surface area contributed by atoms with E-state index in [9.17, 15) is 4.79 Å². The summed E-state index contributed by atoms with van der Waals surface area (Å²) in [6, 6.07) is 7.67. The van der Waals surface area contributed by atoms with E-state index >= 15 is 0 Å². The Labute approximate surface area is 103 Å². The van der Waals surface area contributed by atoms with Crippen LogP contribution in [-0.2, 0) is 4.79 Å². The van der Waals surface area contributed by atoms with Crippen LogP contribution in [0.4, 0.5) is 0 Å². The van der Waals surface area contributed by atoms with Crippen molar-refractivity contribution in [1.82, 2.24) is 5.32 Å². The molecule has 0 saturated heterocycles. The summed E-state index contributed by atoms with van der Waals surface area (Å²) in [5.74, 6) is 0.616. The first-order valence-electron chi connectivity index (χ1n) is 5.83. The van der Waals surface area contributed by atoms with Crippen LogP contribution in [0.1, 0.15) is 33.3 Å². The number of nitrogens with one attached hydrogen (secondary N) is 1. The number of aryl methyl sites for hydroxylation is 1. The molecule has 3 heteroatoms. The van der Waals surface area contributed by atoms with Crippen molar-refractivity contribution in [1.29, 1.82) is 0 Å². The number of hydrogen-bond donors (Lipinski definition) is 1. The quantitative estimate of drug-likeness (QED) is 0.874. The van der Waals surface area contributed by atoms with Crippen LogP contribution in [0, 0.1) is 6.92 Å². The van der Waals surface area contributed by atoms with Crippen molar-refractivity contribution >= 4 is 5.91 Å². The van der Waals surface area contributed by atoms with E-state index in [1.165, 1.54) is 5.56 Å². The van der Waals surface area contributed by atoms with Gasteiger partial charge in [-0.05, 0) is 46.8 Å². The second-order valence-electron chi connectivity index (χ2n) is 5.31. The number of ether oxygens (including phenoxy) is 1. The van der Waals surface area contributed by atoms with Gasteiger partial charge < -0.3 is 10.1 Å². The van der Waals surface area contributed by atoms with Crippen molar-refractivity contribution in [3.05, 3.63) is 29.8 Å². The molecule has 0 radical (unpaired) electrons. The van der Waals surface area contributed by atoms with Crippen LogP contribution in [0.15, 0.2) is 24.3 Å². The Hall–Kier alpha value is -1.51. The zero-order valence-electron chi connectivity index (χ0n) is 11.2. The minimum absolute atomic E-state index is 0.0990. The van der Waals surface area contributed by atoms with Gasteiger partial charge in [-0.15, -0.1) is 0 Å². The number of carbonyl (C=O) groups excluding carboxylic acids is 1. The maximum absolute atomic E-state index is 11.8. The molecule has 0 spiro atoms. The third-order valence-electron chi connectivity index (χ3n) is 2.20. The lowest BCUT2D eigenvalue weighted by Gasteiger charge is -2.23. The molecule has 94 valence electrons. The summed E-state index contributed by atoms with van der Waals surface area (Å²) in [6.45, 7) is 9.61. The van der Waals surface area contributed by atoms with Crippen LogP contribution in [-0.4, -0.2) is 17.6 Å². The highest BCUT2D eigenvalue weighted by atomic mass is 16.5. The van der Waals surface area contributed by atoms with Crippen molar-refractivity contribution in [3.8, 4) is 5.75 Å². The minimum Gasteiger partial charge on any atom is -0.481 e. The minimum atomic E-state index is -0.489. The van der Waals surface area contributed by atoms with Gasteiger partial charge in [-0.2, -0.15) is 0 Å². The summed E-state index contributed by atoms with van der Waals surface area (Å²) in [5.41, 5.74) is 0.936. The highest BCUT2D eigenvalue weighted by Gasteiger charge is 2.20. The molecule has 0 aliphatic rings. The molecule has 0 unspecified atom stereocenters. The van der Waals surface area contributed by atoms with Crippen LogP contribution in [0.3, 0.4) is 0 Å². The van der Waals surface area contributed by atoms with Gasteiger partial charge in [-0.1, -0.05) is 17.7 Å². The molecule has 3 nitrogen and oxygen atoms in total. The highest BCUT2D eigenvalue weighted by molar-refractivity contribution is 5.81. The van der Waals surface area contributed by atoms with Crippen molar-refractivity contribution in [2.75, 3.05) is 0 Å². The Balaban J connectivity index is 2.57. The lowest BCUT2D eigenvalue weighted by atomic mass is 10.1. The Morgan fingerprint density at radius 2 is 1.76 bits per heavy atom. The Morgan fingerprint density at radius 3 is 2.24 bits per heavy atom. The van der Waals surface area contributed by atoms with Gasteiger partial charge >= 0.3 is 0 Å². The molecule has 1 aromatic carbocycles. The molecule has 0 bridgehead atoms. The average Bonchev–Trinajstić information content (AvgIpc) is 2.19. The van der Waals surface area contributed by atoms with E-state index in [2.05, 4.69) is 5.32 Å². The summed E-state index contributed by atoms with van der Waals surface area (Å²) in [7, 11) is 0. The van der Waals surface area contributed by atoms with E-state index in [0.29, 0.717) is 5.75 Å². The van der Waals surface area contributed by atoms with Gasteiger partial charge in [0.25, 0.3) is 5.91 Å². The second kappa shape index (κ2) is 5.21. The zero-order valence-corrected chi connectivity index (χ0v) is 11.2. The van der Waals surface area contributed by atoms with E-state index in [-0.39, 0.29) is 11.4 Å².